The molecule has 1 atom stereocenters. The van der Waals surface area contributed by atoms with Gasteiger partial charge in [0.2, 0.25) is 0 Å². The molecule has 1 aromatic carbocycles. The first kappa shape index (κ1) is 13.2. The highest BCUT2D eigenvalue weighted by molar-refractivity contribution is 6.30. The molecular formula is C15H16ClN3O. The van der Waals surface area contributed by atoms with Crippen LogP contribution in [0.2, 0.25) is 5.15 Å². The number of aromatic nitrogens is 2. The van der Waals surface area contributed by atoms with Crippen LogP contribution in [0.5, 0.6) is 0 Å². The molecule has 0 saturated heterocycles. The lowest BCUT2D eigenvalue weighted by Crippen LogP contribution is -2.28. The number of hydrogen-bond donors (Lipinski definition) is 1. The van der Waals surface area contributed by atoms with Gasteiger partial charge in [0.05, 0.1) is 11.7 Å². The number of ketones is 1. The lowest BCUT2D eigenvalue weighted by Gasteiger charge is -2.10. The fourth-order valence-electron chi connectivity index (χ4n) is 2.66. The first-order valence-electron chi connectivity index (χ1n) is 6.61. The number of halogens is 1. The molecule has 0 aliphatic carbocycles. The summed E-state index contributed by atoms with van der Waals surface area (Å²) in [6.45, 7) is 1.88. The van der Waals surface area contributed by atoms with Crippen molar-refractivity contribution < 1.29 is 4.79 Å². The second-order valence-corrected chi connectivity index (χ2v) is 5.54. The molecule has 0 bridgehead atoms. The predicted molar refractivity (Wildman–Crippen MR) is 79.2 cm³/mol. The Bertz CT molecular complexity index is 653. The number of benzene rings is 1. The Hall–Kier alpha value is -1.81. The lowest BCUT2D eigenvalue weighted by molar-refractivity contribution is -0.119. The number of nitrogens with zero attached hydrogens (tertiary/aromatic N) is 2. The van der Waals surface area contributed by atoms with Crippen molar-refractivity contribution in [2.75, 3.05) is 5.32 Å². The van der Waals surface area contributed by atoms with Crippen molar-refractivity contribution in [2.45, 2.75) is 25.8 Å². The van der Waals surface area contributed by atoms with E-state index >= 15 is 0 Å². The van der Waals surface area contributed by atoms with Crippen LogP contribution in [0.1, 0.15) is 16.8 Å². The molecule has 1 aliphatic rings. The summed E-state index contributed by atoms with van der Waals surface area (Å²) in [6, 6.07) is 7.86. The van der Waals surface area contributed by atoms with Crippen LogP contribution < -0.4 is 5.32 Å². The summed E-state index contributed by atoms with van der Waals surface area (Å²) in [5.41, 5.74) is 3.90. The Balaban J connectivity index is 1.76. The van der Waals surface area contributed by atoms with Gasteiger partial charge in [0, 0.05) is 31.1 Å². The van der Waals surface area contributed by atoms with Crippen molar-refractivity contribution in [3.05, 3.63) is 46.2 Å². The smallest absolute Gasteiger partial charge is 0.159 e. The zero-order valence-electron chi connectivity index (χ0n) is 11.5. The van der Waals surface area contributed by atoms with Gasteiger partial charge < -0.3 is 5.32 Å². The Morgan fingerprint density at radius 3 is 2.90 bits per heavy atom. The molecule has 0 radical (unpaired) electrons. The van der Waals surface area contributed by atoms with Gasteiger partial charge in [-0.15, -0.1) is 0 Å². The first-order valence-corrected chi connectivity index (χ1v) is 6.99. The molecule has 4 nitrogen and oxygen atoms in total. The number of Topliss-reactive ketones (excluding diaryl/α,β-unsaturated/α-hetero) is 1. The molecule has 2 aromatic rings. The molecule has 0 saturated carbocycles. The standard InChI is InChI=1S/C15H16ClN3O/c1-9-11(15(16)19(2)18-9)8-14(20)13-7-10-5-3-4-6-12(10)17-13/h3-6,13,17H,7-8H2,1-2H3. The van der Waals surface area contributed by atoms with Crippen LogP contribution in [0.4, 0.5) is 5.69 Å². The van der Waals surface area contributed by atoms with Crippen molar-refractivity contribution in [1.82, 2.24) is 9.78 Å². The highest BCUT2D eigenvalue weighted by atomic mass is 35.5. The third kappa shape index (κ3) is 2.20. The number of aryl methyl sites for hydroxylation is 2. The molecule has 5 heteroatoms. The van der Waals surface area contributed by atoms with E-state index in [0.717, 1.165) is 23.4 Å². The van der Waals surface area contributed by atoms with E-state index in [9.17, 15) is 4.79 Å². The van der Waals surface area contributed by atoms with Crippen LogP contribution in [0.25, 0.3) is 0 Å². The fourth-order valence-corrected chi connectivity index (χ4v) is 2.91. The van der Waals surface area contributed by atoms with Crippen LogP contribution >= 0.6 is 11.6 Å². The summed E-state index contributed by atoms with van der Waals surface area (Å²) in [5.74, 6) is 0.152. The Kier molecular flexibility index (Phi) is 3.26. The van der Waals surface area contributed by atoms with Gasteiger partial charge >= 0.3 is 0 Å². The number of hydrogen-bond acceptors (Lipinski definition) is 3. The molecule has 1 N–H and O–H groups in total. The Morgan fingerprint density at radius 1 is 1.50 bits per heavy atom. The highest BCUT2D eigenvalue weighted by Crippen LogP contribution is 2.27. The lowest BCUT2D eigenvalue weighted by atomic mass is 10.0. The number of para-hydroxylation sites is 1. The number of nitrogens with one attached hydrogen (secondary N) is 1. The van der Waals surface area contributed by atoms with Gasteiger partial charge in [-0.25, -0.2) is 0 Å². The van der Waals surface area contributed by atoms with Gasteiger partial charge in [-0.2, -0.15) is 5.10 Å². The van der Waals surface area contributed by atoms with Crippen LogP contribution in [0.3, 0.4) is 0 Å². The predicted octanol–water partition coefficient (Wildman–Crippen LogP) is 2.53. The van der Waals surface area contributed by atoms with E-state index in [2.05, 4.69) is 16.5 Å². The van der Waals surface area contributed by atoms with E-state index in [0.29, 0.717) is 11.6 Å². The van der Waals surface area contributed by atoms with Crippen molar-refractivity contribution >= 4 is 23.1 Å². The third-order valence-electron chi connectivity index (χ3n) is 3.78. The molecule has 104 valence electrons. The van der Waals surface area contributed by atoms with Gasteiger partial charge in [-0.05, 0) is 18.6 Å². The number of carbonyl (C=O) groups excluding carboxylic acids is 1. The summed E-state index contributed by atoms with van der Waals surface area (Å²) in [6.07, 6.45) is 1.07. The molecule has 20 heavy (non-hydrogen) atoms. The minimum atomic E-state index is -0.164. The third-order valence-corrected chi connectivity index (χ3v) is 4.25. The minimum absolute atomic E-state index is 0.152. The number of carbonyl (C=O) groups is 1. The van der Waals surface area contributed by atoms with E-state index in [1.165, 1.54) is 5.56 Å². The van der Waals surface area contributed by atoms with Crippen LogP contribution in [-0.2, 0) is 24.7 Å². The van der Waals surface area contributed by atoms with E-state index in [4.69, 9.17) is 11.6 Å². The van der Waals surface area contributed by atoms with Gasteiger partial charge in [0.1, 0.15) is 5.15 Å². The minimum Gasteiger partial charge on any atom is -0.375 e. The maximum atomic E-state index is 12.4. The first-order chi connectivity index (χ1) is 9.56. The number of fused-ring (bicyclic) bond motifs is 1. The SMILES string of the molecule is Cc1nn(C)c(Cl)c1CC(=O)C1Cc2ccccc2N1. The molecule has 1 aromatic heterocycles. The zero-order chi connectivity index (χ0) is 14.3. The average Bonchev–Trinajstić information content (AvgIpc) is 2.95. The van der Waals surface area contributed by atoms with Crippen LogP contribution in [0.15, 0.2) is 24.3 Å². The number of anilines is 1. The second-order valence-electron chi connectivity index (χ2n) is 5.18. The Labute approximate surface area is 122 Å². The summed E-state index contributed by atoms with van der Waals surface area (Å²) in [5, 5.41) is 8.07. The van der Waals surface area contributed by atoms with Crippen molar-refractivity contribution in [2.24, 2.45) is 7.05 Å². The zero-order valence-corrected chi connectivity index (χ0v) is 12.2. The maximum Gasteiger partial charge on any atom is 0.159 e. The topological polar surface area (TPSA) is 46.9 Å². The van der Waals surface area contributed by atoms with Gasteiger partial charge in [0.25, 0.3) is 0 Å². The number of rotatable bonds is 3. The van der Waals surface area contributed by atoms with Gasteiger partial charge in [-0.1, -0.05) is 29.8 Å². The van der Waals surface area contributed by atoms with Gasteiger partial charge in [0.15, 0.2) is 5.78 Å². The second kappa shape index (κ2) is 4.94. The molecule has 1 aliphatic heterocycles. The molecule has 1 unspecified atom stereocenters. The normalized spacial score (nSPS) is 16.9. The molecule has 3 rings (SSSR count). The molecular weight excluding hydrogens is 274 g/mol. The molecule has 0 fully saturated rings. The summed E-state index contributed by atoms with van der Waals surface area (Å²) in [7, 11) is 1.78. The fraction of sp³-hybridized carbons (Fsp3) is 0.333. The highest BCUT2D eigenvalue weighted by Gasteiger charge is 2.27. The van der Waals surface area contributed by atoms with Crippen LogP contribution in [0, 0.1) is 6.92 Å². The largest absolute Gasteiger partial charge is 0.375 e. The summed E-state index contributed by atoms with van der Waals surface area (Å²) in [4.78, 5) is 12.4. The summed E-state index contributed by atoms with van der Waals surface area (Å²) < 4.78 is 1.61. The quantitative estimate of drug-likeness (QED) is 0.944. The Morgan fingerprint density at radius 2 is 2.25 bits per heavy atom. The maximum absolute atomic E-state index is 12.4. The van der Waals surface area contributed by atoms with E-state index in [-0.39, 0.29) is 11.8 Å². The van der Waals surface area contributed by atoms with Crippen molar-refractivity contribution in [3.8, 4) is 0 Å². The monoisotopic (exact) mass is 289 g/mol. The average molecular weight is 290 g/mol. The molecule has 2 heterocycles. The molecule has 0 amide bonds. The molecule has 0 spiro atoms. The van der Waals surface area contributed by atoms with Gasteiger partial charge in [-0.3, -0.25) is 9.48 Å². The summed E-state index contributed by atoms with van der Waals surface area (Å²) >= 11 is 6.18. The van der Waals surface area contributed by atoms with E-state index in [1.807, 2.05) is 25.1 Å². The van der Waals surface area contributed by atoms with Crippen LogP contribution in [-0.4, -0.2) is 21.6 Å². The van der Waals surface area contributed by atoms with Crippen molar-refractivity contribution in [3.63, 3.8) is 0 Å². The van der Waals surface area contributed by atoms with E-state index in [1.54, 1.807) is 11.7 Å². The van der Waals surface area contributed by atoms with Crippen molar-refractivity contribution in [1.29, 1.82) is 0 Å². The van der Waals surface area contributed by atoms with E-state index < -0.39 is 0 Å².